The number of halogens is 1. The molecule has 2 aromatic rings. The molecular weight excluding hydrogens is 378 g/mol. The fraction of sp³-hybridized carbons (Fsp3) is 0.476. The van der Waals surface area contributed by atoms with Gasteiger partial charge in [0, 0.05) is 49.9 Å². The van der Waals surface area contributed by atoms with Crippen molar-refractivity contribution < 1.29 is 4.79 Å². The molecule has 2 aliphatic rings. The first-order chi connectivity index (χ1) is 12.7. The lowest BCUT2D eigenvalue weighted by Gasteiger charge is -2.28. The van der Waals surface area contributed by atoms with Crippen LogP contribution in [0.4, 0.5) is 0 Å². The molecule has 0 unspecified atom stereocenters. The van der Waals surface area contributed by atoms with Gasteiger partial charge in [-0.15, -0.1) is 23.7 Å². The van der Waals surface area contributed by atoms with Gasteiger partial charge in [-0.1, -0.05) is 30.3 Å². The zero-order chi connectivity index (χ0) is 17.9. The van der Waals surface area contributed by atoms with Crippen LogP contribution in [0.25, 0.3) is 0 Å². The molecule has 6 heteroatoms. The lowest BCUT2D eigenvalue weighted by molar-refractivity contribution is -0.132. The maximum atomic E-state index is 12.7. The third-order valence-corrected chi connectivity index (χ3v) is 6.87. The Morgan fingerprint density at radius 3 is 2.78 bits per heavy atom. The van der Waals surface area contributed by atoms with E-state index in [2.05, 4.69) is 46.7 Å². The van der Waals surface area contributed by atoms with E-state index in [0.29, 0.717) is 24.8 Å². The summed E-state index contributed by atoms with van der Waals surface area (Å²) >= 11 is 1.82. The van der Waals surface area contributed by atoms with E-state index in [-0.39, 0.29) is 18.3 Å². The highest BCUT2D eigenvalue weighted by molar-refractivity contribution is 7.10. The lowest BCUT2D eigenvalue weighted by atomic mass is 9.89. The summed E-state index contributed by atoms with van der Waals surface area (Å²) in [5, 5.41) is 2.14. The maximum Gasteiger partial charge on any atom is 0.224 e. The summed E-state index contributed by atoms with van der Waals surface area (Å²) in [5.41, 5.74) is 8.74. The van der Waals surface area contributed by atoms with Gasteiger partial charge in [-0.3, -0.25) is 4.79 Å². The highest BCUT2D eigenvalue weighted by Gasteiger charge is 2.33. The van der Waals surface area contributed by atoms with Crippen LogP contribution in [0.15, 0.2) is 41.8 Å². The molecule has 27 heavy (non-hydrogen) atoms. The number of amides is 1. The Morgan fingerprint density at radius 1 is 1.19 bits per heavy atom. The molecule has 1 aromatic carbocycles. The van der Waals surface area contributed by atoms with E-state index in [0.717, 1.165) is 39.1 Å². The van der Waals surface area contributed by atoms with Gasteiger partial charge in [-0.05, 0) is 41.5 Å². The van der Waals surface area contributed by atoms with E-state index < -0.39 is 0 Å². The van der Waals surface area contributed by atoms with Crippen molar-refractivity contribution in [1.29, 1.82) is 0 Å². The van der Waals surface area contributed by atoms with E-state index in [4.69, 9.17) is 5.73 Å². The first-order valence-corrected chi connectivity index (χ1v) is 10.4. The Morgan fingerprint density at radius 2 is 2.00 bits per heavy atom. The lowest BCUT2D eigenvalue weighted by Crippen LogP contribution is -2.37. The first kappa shape index (κ1) is 20.3. The third-order valence-electron chi connectivity index (χ3n) is 5.85. The minimum absolute atomic E-state index is 0. The summed E-state index contributed by atoms with van der Waals surface area (Å²) in [4.78, 5) is 18.6. The number of rotatable bonds is 5. The Bertz CT molecular complexity index is 751. The monoisotopic (exact) mass is 405 g/mol. The SMILES string of the molecule is Cl.NC[C@@H]1CN(CCC(=O)N2CCc3sccc3C2)C[C@H]1c1ccccc1. The Labute approximate surface area is 171 Å². The van der Waals surface area contributed by atoms with Crippen LogP contribution in [0.1, 0.15) is 28.3 Å². The number of thiophene rings is 1. The van der Waals surface area contributed by atoms with Crippen LogP contribution in [-0.4, -0.2) is 48.4 Å². The zero-order valence-electron chi connectivity index (χ0n) is 15.5. The molecule has 0 saturated carbocycles. The highest BCUT2D eigenvalue weighted by Crippen LogP contribution is 2.32. The van der Waals surface area contributed by atoms with Gasteiger partial charge >= 0.3 is 0 Å². The molecule has 1 fully saturated rings. The Kier molecular flexibility index (Phi) is 6.93. The topological polar surface area (TPSA) is 49.6 Å². The molecule has 2 N–H and O–H groups in total. The molecule has 2 atom stereocenters. The zero-order valence-corrected chi connectivity index (χ0v) is 17.2. The molecule has 146 valence electrons. The van der Waals surface area contributed by atoms with Crippen LogP contribution < -0.4 is 5.73 Å². The largest absolute Gasteiger partial charge is 0.338 e. The predicted molar refractivity (Wildman–Crippen MR) is 113 cm³/mol. The number of nitrogens with zero attached hydrogens (tertiary/aromatic N) is 2. The quantitative estimate of drug-likeness (QED) is 0.831. The number of likely N-dealkylation sites (tertiary alicyclic amines) is 1. The van der Waals surface area contributed by atoms with Crippen molar-refractivity contribution in [3.05, 3.63) is 57.8 Å². The van der Waals surface area contributed by atoms with Gasteiger partial charge in [0.15, 0.2) is 0 Å². The van der Waals surface area contributed by atoms with Gasteiger partial charge in [-0.2, -0.15) is 0 Å². The van der Waals surface area contributed by atoms with Crippen LogP contribution >= 0.6 is 23.7 Å². The van der Waals surface area contributed by atoms with E-state index in [1.165, 1.54) is 16.0 Å². The molecule has 0 bridgehead atoms. The molecular formula is C21H28ClN3OS. The van der Waals surface area contributed by atoms with Crippen LogP contribution in [0.5, 0.6) is 0 Å². The Balaban J connectivity index is 0.00000210. The molecule has 1 saturated heterocycles. The van der Waals surface area contributed by atoms with Crippen LogP contribution in [0.3, 0.4) is 0 Å². The number of nitrogens with two attached hydrogens (primary N) is 1. The van der Waals surface area contributed by atoms with Gasteiger partial charge in [0.2, 0.25) is 5.91 Å². The summed E-state index contributed by atoms with van der Waals surface area (Å²) in [6, 6.07) is 12.8. The van der Waals surface area contributed by atoms with Crippen molar-refractivity contribution >= 4 is 29.7 Å². The van der Waals surface area contributed by atoms with Crippen LogP contribution in [0, 0.1) is 5.92 Å². The van der Waals surface area contributed by atoms with Gasteiger partial charge in [0.1, 0.15) is 0 Å². The second kappa shape index (κ2) is 9.20. The summed E-state index contributed by atoms with van der Waals surface area (Å²) < 4.78 is 0. The minimum Gasteiger partial charge on any atom is -0.338 e. The van der Waals surface area contributed by atoms with Gasteiger partial charge in [0.05, 0.1) is 0 Å². The standard InChI is InChI=1S/C21H27N3OS.ClH/c22-12-18-13-23(15-19(18)16-4-2-1-3-5-16)9-7-21(25)24-10-6-20-17(14-24)8-11-26-20;/h1-5,8,11,18-19H,6-7,9-10,12-15,22H2;1H/t18-,19+;/m1./s1. The third kappa shape index (κ3) is 4.54. The smallest absolute Gasteiger partial charge is 0.224 e. The molecule has 4 rings (SSSR count). The van der Waals surface area contributed by atoms with Crippen LogP contribution in [0.2, 0.25) is 0 Å². The number of fused-ring (bicyclic) bond motifs is 1. The van der Waals surface area contributed by atoms with Crippen molar-refractivity contribution in [2.75, 3.05) is 32.7 Å². The Hall–Kier alpha value is -1.40. The van der Waals surface area contributed by atoms with E-state index in [1.54, 1.807) is 0 Å². The molecule has 0 radical (unpaired) electrons. The van der Waals surface area contributed by atoms with Crippen molar-refractivity contribution in [3.63, 3.8) is 0 Å². The number of carbonyl (C=O) groups is 1. The summed E-state index contributed by atoms with van der Waals surface area (Å²) in [6.07, 6.45) is 1.62. The maximum absolute atomic E-state index is 12.7. The average molecular weight is 406 g/mol. The summed E-state index contributed by atoms with van der Waals surface area (Å²) in [6.45, 7) is 5.20. The number of hydrogen-bond donors (Lipinski definition) is 1. The summed E-state index contributed by atoms with van der Waals surface area (Å²) in [7, 11) is 0. The molecule has 0 spiro atoms. The van der Waals surface area contributed by atoms with Crippen molar-refractivity contribution in [2.45, 2.75) is 25.3 Å². The van der Waals surface area contributed by atoms with Crippen LogP contribution in [-0.2, 0) is 17.8 Å². The normalized spacial score (nSPS) is 22.3. The van der Waals surface area contributed by atoms with Gasteiger partial charge < -0.3 is 15.5 Å². The number of hydrogen-bond acceptors (Lipinski definition) is 4. The predicted octanol–water partition coefficient (Wildman–Crippen LogP) is 3.12. The second-order valence-electron chi connectivity index (χ2n) is 7.46. The number of carbonyl (C=O) groups excluding carboxylic acids is 1. The van der Waals surface area contributed by atoms with E-state index in [1.807, 2.05) is 16.2 Å². The highest BCUT2D eigenvalue weighted by atomic mass is 35.5. The molecule has 0 aliphatic carbocycles. The molecule has 3 heterocycles. The second-order valence-corrected chi connectivity index (χ2v) is 8.46. The van der Waals surface area contributed by atoms with Crippen molar-refractivity contribution in [1.82, 2.24) is 9.80 Å². The van der Waals surface area contributed by atoms with Crippen molar-refractivity contribution in [2.24, 2.45) is 11.7 Å². The molecule has 4 nitrogen and oxygen atoms in total. The van der Waals surface area contributed by atoms with Crippen molar-refractivity contribution in [3.8, 4) is 0 Å². The molecule has 2 aliphatic heterocycles. The minimum atomic E-state index is 0. The molecule has 1 amide bonds. The summed E-state index contributed by atoms with van der Waals surface area (Å²) in [5.74, 6) is 1.25. The van der Waals surface area contributed by atoms with Gasteiger partial charge in [0.25, 0.3) is 0 Å². The first-order valence-electron chi connectivity index (χ1n) is 9.55. The fourth-order valence-corrected chi connectivity index (χ4v) is 5.22. The molecule has 1 aromatic heterocycles. The van der Waals surface area contributed by atoms with E-state index >= 15 is 0 Å². The van der Waals surface area contributed by atoms with Gasteiger partial charge in [-0.25, -0.2) is 0 Å². The average Bonchev–Trinajstić information content (AvgIpc) is 3.32. The number of benzene rings is 1. The fourth-order valence-electron chi connectivity index (χ4n) is 4.33. The van der Waals surface area contributed by atoms with E-state index in [9.17, 15) is 4.79 Å².